The summed E-state index contributed by atoms with van der Waals surface area (Å²) in [5.74, 6) is -3.06. The molecule has 0 bridgehead atoms. The Labute approximate surface area is 494 Å². The summed E-state index contributed by atoms with van der Waals surface area (Å²) in [6.45, 7) is 31.9. The van der Waals surface area contributed by atoms with Crippen LogP contribution in [0.1, 0.15) is 294 Å². The third kappa shape index (κ3) is 57.3. The topological polar surface area (TPSA) is 149 Å². The van der Waals surface area contributed by atoms with Gasteiger partial charge in [0.1, 0.15) is 21.0 Å². The van der Waals surface area contributed by atoms with Gasteiger partial charge in [-0.1, -0.05) is 267 Å². The number of carboxylic acids is 4. The molecule has 8 unspecified atom stereocenters. The standard InChI is InChI=1S/4C16H30O2S.CH4/c4*1-4-7-8-9-10-11-12-13-14(5-2)19-15(6-3)16(17)18;/h4*6,14-15H,3-5,7-13H2,1-2H3,(H,17,18);1H4. The van der Waals surface area contributed by atoms with Crippen molar-refractivity contribution in [1.82, 2.24) is 0 Å². The zero-order valence-electron chi connectivity index (χ0n) is 50.3. The van der Waals surface area contributed by atoms with Crippen molar-refractivity contribution in [1.29, 1.82) is 0 Å². The molecule has 0 aromatic rings. The van der Waals surface area contributed by atoms with Crippen molar-refractivity contribution in [3.05, 3.63) is 50.6 Å². The Morgan fingerprint density at radius 2 is 0.442 bits per heavy atom. The summed E-state index contributed by atoms with van der Waals surface area (Å²) in [4.78, 5) is 43.9. The minimum Gasteiger partial charge on any atom is -0.480 e. The first kappa shape index (κ1) is 84.1. The maximum atomic E-state index is 11.0. The Hall–Kier alpha value is -1.76. The number of thioether (sulfide) groups is 4. The molecule has 0 saturated heterocycles. The monoisotopic (exact) mass is 1160 g/mol. The minimum absolute atomic E-state index is 0. The molecule has 0 spiro atoms. The summed E-state index contributed by atoms with van der Waals surface area (Å²) in [5.41, 5.74) is 0. The summed E-state index contributed by atoms with van der Waals surface area (Å²) in [6, 6.07) is 0. The average Bonchev–Trinajstić information content (AvgIpc) is 3.41. The SMILES string of the molecule is C.C=CC(SC(CC)CCCCCCCCC)C(=O)O.C=CC(SC(CC)CCCCCCCCC)C(=O)O.C=CC(SC(CC)CCCCCCCCC)C(=O)O.C=CC(SC(CC)CCCCCCCCC)C(=O)O. The molecule has 0 aliphatic rings. The fraction of sp³-hybridized carbons (Fsp3) is 0.815. The lowest BCUT2D eigenvalue weighted by Gasteiger charge is -2.17. The van der Waals surface area contributed by atoms with Crippen molar-refractivity contribution in [2.75, 3.05) is 0 Å². The Balaban J connectivity index is -0.000000298. The van der Waals surface area contributed by atoms with Gasteiger partial charge in [-0.3, -0.25) is 19.2 Å². The van der Waals surface area contributed by atoms with Gasteiger partial charge in [0.05, 0.1) is 0 Å². The number of hydrogen-bond donors (Lipinski definition) is 4. The van der Waals surface area contributed by atoms with E-state index in [9.17, 15) is 19.2 Å². The summed E-state index contributed by atoms with van der Waals surface area (Å²) < 4.78 is 0. The lowest BCUT2D eigenvalue weighted by molar-refractivity contribution is -0.136. The van der Waals surface area contributed by atoms with Crippen LogP contribution in [0.3, 0.4) is 0 Å². The molecule has 0 fully saturated rings. The van der Waals surface area contributed by atoms with Crippen LogP contribution in [0.25, 0.3) is 0 Å². The van der Waals surface area contributed by atoms with E-state index in [0.29, 0.717) is 21.0 Å². The van der Waals surface area contributed by atoms with Gasteiger partial charge in [0.2, 0.25) is 0 Å². The number of unbranched alkanes of at least 4 members (excludes halogenated alkanes) is 24. The predicted molar refractivity (Wildman–Crippen MR) is 350 cm³/mol. The summed E-state index contributed by atoms with van der Waals surface area (Å²) in [6.07, 6.45) is 51.6. The van der Waals surface area contributed by atoms with E-state index in [1.807, 2.05) is 0 Å². The highest BCUT2D eigenvalue weighted by Gasteiger charge is 2.22. The molecule has 0 rings (SSSR count). The van der Waals surface area contributed by atoms with E-state index in [4.69, 9.17) is 20.4 Å². The lowest BCUT2D eigenvalue weighted by atomic mass is 10.1. The average molecular weight is 1160 g/mol. The van der Waals surface area contributed by atoms with Crippen molar-refractivity contribution < 1.29 is 39.6 Å². The van der Waals surface area contributed by atoms with Crippen molar-refractivity contribution >= 4 is 70.9 Å². The summed E-state index contributed by atoms with van der Waals surface area (Å²) in [7, 11) is 0. The van der Waals surface area contributed by atoms with Crippen LogP contribution in [-0.2, 0) is 19.2 Å². The molecule has 77 heavy (non-hydrogen) atoms. The molecule has 0 saturated carbocycles. The number of carbonyl (C=O) groups is 4. The molecular formula is C65H124O8S4. The van der Waals surface area contributed by atoms with Crippen LogP contribution < -0.4 is 0 Å². The molecule has 4 N–H and O–H groups in total. The molecule has 0 aromatic carbocycles. The summed E-state index contributed by atoms with van der Waals surface area (Å²) in [5, 5.41) is 36.1. The van der Waals surface area contributed by atoms with Gasteiger partial charge in [-0.15, -0.1) is 73.4 Å². The summed E-state index contributed by atoms with van der Waals surface area (Å²) >= 11 is 6.21. The van der Waals surface area contributed by atoms with Crippen LogP contribution in [0.15, 0.2) is 50.6 Å². The molecule has 456 valence electrons. The van der Waals surface area contributed by atoms with Crippen LogP contribution in [0.5, 0.6) is 0 Å². The number of hydrogen-bond acceptors (Lipinski definition) is 8. The molecule has 0 aromatic heterocycles. The van der Waals surface area contributed by atoms with Crippen LogP contribution >= 0.6 is 47.0 Å². The van der Waals surface area contributed by atoms with E-state index in [1.165, 1.54) is 180 Å². The second-order valence-electron chi connectivity index (χ2n) is 20.3. The molecule has 8 nitrogen and oxygen atoms in total. The molecule has 0 aliphatic heterocycles. The molecule has 8 atom stereocenters. The first-order valence-corrected chi connectivity index (χ1v) is 34.4. The zero-order valence-corrected chi connectivity index (χ0v) is 53.5. The van der Waals surface area contributed by atoms with Crippen molar-refractivity contribution in [3.8, 4) is 0 Å². The molecule has 12 heteroatoms. The minimum atomic E-state index is -0.766. The van der Waals surface area contributed by atoms with Crippen LogP contribution in [0, 0.1) is 0 Å². The second kappa shape index (κ2) is 65.1. The third-order valence-electron chi connectivity index (χ3n) is 13.5. The van der Waals surface area contributed by atoms with Crippen molar-refractivity contribution in [3.63, 3.8) is 0 Å². The molecule has 0 heterocycles. The zero-order chi connectivity index (χ0) is 58.0. The van der Waals surface area contributed by atoms with Crippen molar-refractivity contribution in [2.45, 2.75) is 336 Å². The molecular weight excluding hydrogens is 1040 g/mol. The van der Waals surface area contributed by atoms with E-state index in [2.05, 4.69) is 81.7 Å². The van der Waals surface area contributed by atoms with Gasteiger partial charge in [-0.2, -0.15) is 0 Å². The highest BCUT2D eigenvalue weighted by molar-refractivity contribution is 8.02. The highest BCUT2D eigenvalue weighted by Crippen LogP contribution is 2.30. The third-order valence-corrected chi connectivity index (χ3v) is 20.1. The van der Waals surface area contributed by atoms with Gasteiger partial charge < -0.3 is 20.4 Å². The van der Waals surface area contributed by atoms with Gasteiger partial charge in [0, 0.05) is 21.0 Å². The van der Waals surface area contributed by atoms with E-state index in [1.54, 1.807) is 71.4 Å². The van der Waals surface area contributed by atoms with E-state index in [0.717, 1.165) is 51.4 Å². The van der Waals surface area contributed by atoms with Gasteiger partial charge in [0.25, 0.3) is 0 Å². The Kier molecular flexibility index (Phi) is 71.0. The van der Waals surface area contributed by atoms with Gasteiger partial charge in [-0.05, 0) is 51.4 Å². The van der Waals surface area contributed by atoms with Crippen molar-refractivity contribution in [2.24, 2.45) is 0 Å². The highest BCUT2D eigenvalue weighted by atomic mass is 32.2. The number of carboxylic acid groups (broad SMARTS) is 4. The fourth-order valence-corrected chi connectivity index (χ4v) is 13.0. The fourth-order valence-electron chi connectivity index (χ4n) is 8.48. The van der Waals surface area contributed by atoms with Gasteiger partial charge in [0.15, 0.2) is 0 Å². The Morgan fingerprint density at radius 3 is 0.558 bits per heavy atom. The lowest BCUT2D eigenvalue weighted by Crippen LogP contribution is -2.17. The van der Waals surface area contributed by atoms with Crippen LogP contribution in [0.4, 0.5) is 0 Å². The van der Waals surface area contributed by atoms with Crippen LogP contribution in [-0.4, -0.2) is 86.3 Å². The predicted octanol–water partition coefficient (Wildman–Crippen LogP) is 21.7. The normalized spacial score (nSPS) is 13.8. The first-order valence-electron chi connectivity index (χ1n) is 30.6. The maximum Gasteiger partial charge on any atom is 0.320 e. The van der Waals surface area contributed by atoms with Gasteiger partial charge in [-0.25, -0.2) is 0 Å². The van der Waals surface area contributed by atoms with Crippen LogP contribution in [0.2, 0.25) is 0 Å². The maximum absolute atomic E-state index is 11.0. The largest absolute Gasteiger partial charge is 0.480 e. The molecule has 0 radical (unpaired) electrons. The molecule has 0 amide bonds. The quantitative estimate of drug-likeness (QED) is 0.0339. The number of aliphatic carboxylic acids is 4. The second-order valence-corrected chi connectivity index (χ2v) is 26.1. The van der Waals surface area contributed by atoms with E-state index >= 15 is 0 Å². The Bertz CT molecular complexity index is 1160. The Morgan fingerprint density at radius 1 is 0.299 bits per heavy atom. The van der Waals surface area contributed by atoms with E-state index < -0.39 is 44.9 Å². The first-order chi connectivity index (χ1) is 36.6. The smallest absolute Gasteiger partial charge is 0.320 e. The molecule has 0 aliphatic carbocycles. The van der Waals surface area contributed by atoms with E-state index in [-0.39, 0.29) is 7.43 Å². The number of rotatable bonds is 52. The van der Waals surface area contributed by atoms with Gasteiger partial charge >= 0.3 is 23.9 Å².